The van der Waals surface area contributed by atoms with Gasteiger partial charge in [0.05, 0.1) is 5.56 Å². The maximum absolute atomic E-state index is 12.9. The van der Waals surface area contributed by atoms with Crippen LogP contribution in [0.25, 0.3) is 5.57 Å². The number of aromatic carboxylic acids is 1. The zero-order valence-corrected chi connectivity index (χ0v) is 16.8. The van der Waals surface area contributed by atoms with Crippen LogP contribution >= 0.6 is 0 Å². The molecule has 2 aromatic carbocycles. The number of hydrogen-bond acceptors (Lipinski definition) is 3. The predicted octanol–water partition coefficient (Wildman–Crippen LogP) is 5.15. The number of carbonyl (C=O) groups is 2. The highest BCUT2D eigenvalue weighted by molar-refractivity contribution is 6.05. The number of pyridine rings is 1. The number of hydrogen-bond donors (Lipinski definition) is 2. The number of carbonyl (C=O) groups excluding carboxylic acids is 1. The number of carboxylic acid groups (broad SMARTS) is 1. The highest BCUT2D eigenvalue weighted by Crippen LogP contribution is 2.41. The largest absolute Gasteiger partial charge is 0.478 e. The molecule has 0 saturated carbocycles. The first-order chi connectivity index (χ1) is 14.3. The van der Waals surface area contributed by atoms with Crippen molar-refractivity contribution < 1.29 is 14.7 Å². The normalized spacial score (nSPS) is 14.4. The molecule has 4 rings (SSSR count). The second-order valence-electron chi connectivity index (χ2n) is 8.04. The minimum Gasteiger partial charge on any atom is -0.478 e. The van der Waals surface area contributed by atoms with E-state index in [0.29, 0.717) is 11.3 Å². The van der Waals surface area contributed by atoms with Gasteiger partial charge in [0, 0.05) is 23.6 Å². The van der Waals surface area contributed by atoms with E-state index < -0.39 is 5.97 Å². The van der Waals surface area contributed by atoms with Gasteiger partial charge in [0.15, 0.2) is 0 Å². The summed E-state index contributed by atoms with van der Waals surface area (Å²) in [6.45, 7) is 4.41. The molecule has 5 nitrogen and oxygen atoms in total. The Balaban J connectivity index is 1.67. The SMILES string of the molecule is CC1(C)CC=C(c2ccncc2)c2cc(C(=O)Nc3ccc(C(=O)O)cc3)ccc21. The average molecular weight is 398 g/mol. The third kappa shape index (κ3) is 3.74. The van der Waals surface area contributed by atoms with E-state index >= 15 is 0 Å². The maximum Gasteiger partial charge on any atom is 0.335 e. The molecule has 5 heteroatoms. The number of carboxylic acids is 1. The maximum atomic E-state index is 12.9. The van der Waals surface area contributed by atoms with Gasteiger partial charge in [0.25, 0.3) is 5.91 Å². The number of allylic oxidation sites excluding steroid dienone is 1. The third-order valence-electron chi connectivity index (χ3n) is 5.50. The molecule has 1 aliphatic carbocycles. The minimum absolute atomic E-state index is 0.0203. The molecule has 3 aromatic rings. The van der Waals surface area contributed by atoms with Gasteiger partial charge in [0.1, 0.15) is 0 Å². The molecule has 1 heterocycles. The number of nitrogens with zero attached hydrogens (tertiary/aromatic N) is 1. The Hall–Kier alpha value is -3.73. The lowest BCUT2D eigenvalue weighted by Crippen LogP contribution is -2.23. The zero-order valence-electron chi connectivity index (χ0n) is 16.8. The van der Waals surface area contributed by atoms with Crippen molar-refractivity contribution >= 4 is 23.1 Å². The Morgan fingerprint density at radius 1 is 0.967 bits per heavy atom. The van der Waals surface area contributed by atoms with Crippen LogP contribution in [-0.4, -0.2) is 22.0 Å². The predicted molar refractivity (Wildman–Crippen MR) is 117 cm³/mol. The average Bonchev–Trinajstić information content (AvgIpc) is 2.74. The van der Waals surface area contributed by atoms with E-state index in [4.69, 9.17) is 5.11 Å². The molecule has 0 saturated heterocycles. The number of rotatable bonds is 4. The second-order valence-corrected chi connectivity index (χ2v) is 8.04. The van der Waals surface area contributed by atoms with Crippen molar-refractivity contribution in [3.63, 3.8) is 0 Å². The molecular weight excluding hydrogens is 376 g/mol. The van der Waals surface area contributed by atoms with E-state index in [1.54, 1.807) is 24.5 Å². The van der Waals surface area contributed by atoms with Crippen molar-refractivity contribution in [1.29, 1.82) is 0 Å². The molecule has 0 fully saturated rings. The number of amides is 1. The molecule has 150 valence electrons. The number of aromatic nitrogens is 1. The summed E-state index contributed by atoms with van der Waals surface area (Å²) in [6.07, 6.45) is 6.68. The van der Waals surface area contributed by atoms with Gasteiger partial charge in [-0.05, 0) is 82.6 Å². The minimum atomic E-state index is -0.999. The Bertz CT molecular complexity index is 1150. The third-order valence-corrected chi connectivity index (χ3v) is 5.50. The number of fused-ring (bicyclic) bond motifs is 1. The van der Waals surface area contributed by atoms with Gasteiger partial charge in [-0.25, -0.2) is 4.79 Å². The summed E-state index contributed by atoms with van der Waals surface area (Å²) in [5.41, 5.74) is 5.69. The van der Waals surface area contributed by atoms with Gasteiger partial charge in [-0.3, -0.25) is 9.78 Å². The van der Waals surface area contributed by atoms with Crippen molar-refractivity contribution in [2.45, 2.75) is 25.7 Å². The number of nitrogens with one attached hydrogen (secondary N) is 1. The smallest absolute Gasteiger partial charge is 0.335 e. The first-order valence-corrected chi connectivity index (χ1v) is 9.75. The summed E-state index contributed by atoms with van der Waals surface area (Å²) < 4.78 is 0. The molecule has 0 bridgehead atoms. The highest BCUT2D eigenvalue weighted by Gasteiger charge is 2.29. The Morgan fingerprint density at radius 2 is 1.63 bits per heavy atom. The summed E-state index contributed by atoms with van der Waals surface area (Å²) in [7, 11) is 0. The fourth-order valence-corrected chi connectivity index (χ4v) is 3.78. The molecule has 2 N–H and O–H groups in total. The number of anilines is 1. The lowest BCUT2D eigenvalue weighted by Gasteiger charge is -2.32. The summed E-state index contributed by atoms with van der Waals surface area (Å²) in [6, 6.07) is 15.9. The summed E-state index contributed by atoms with van der Waals surface area (Å²) in [4.78, 5) is 28.0. The van der Waals surface area contributed by atoms with Crippen LogP contribution in [0.4, 0.5) is 5.69 Å². The lowest BCUT2D eigenvalue weighted by atomic mass is 9.72. The van der Waals surface area contributed by atoms with Crippen molar-refractivity contribution in [3.8, 4) is 0 Å². The quantitative estimate of drug-likeness (QED) is 0.637. The molecule has 1 aromatic heterocycles. The molecule has 0 unspecified atom stereocenters. The molecule has 1 amide bonds. The van der Waals surface area contributed by atoms with Crippen LogP contribution in [0, 0.1) is 0 Å². The fraction of sp³-hybridized carbons (Fsp3) is 0.160. The van der Waals surface area contributed by atoms with Gasteiger partial charge < -0.3 is 10.4 Å². The van der Waals surface area contributed by atoms with Crippen LogP contribution in [-0.2, 0) is 5.41 Å². The highest BCUT2D eigenvalue weighted by atomic mass is 16.4. The van der Waals surface area contributed by atoms with Crippen LogP contribution in [0.2, 0.25) is 0 Å². The van der Waals surface area contributed by atoms with Crippen LogP contribution in [0.15, 0.2) is 73.1 Å². The van der Waals surface area contributed by atoms with Gasteiger partial charge in [-0.15, -0.1) is 0 Å². The van der Waals surface area contributed by atoms with E-state index in [-0.39, 0.29) is 16.9 Å². The molecule has 0 spiro atoms. The van der Waals surface area contributed by atoms with Crippen LogP contribution in [0.3, 0.4) is 0 Å². The van der Waals surface area contributed by atoms with Crippen molar-refractivity contribution in [2.75, 3.05) is 5.32 Å². The van der Waals surface area contributed by atoms with Crippen molar-refractivity contribution in [1.82, 2.24) is 4.98 Å². The topological polar surface area (TPSA) is 79.3 Å². The van der Waals surface area contributed by atoms with Crippen molar-refractivity contribution in [3.05, 3.63) is 101 Å². The second kappa shape index (κ2) is 7.59. The summed E-state index contributed by atoms with van der Waals surface area (Å²) in [5, 5.41) is 11.9. The molecule has 0 atom stereocenters. The van der Waals surface area contributed by atoms with Gasteiger partial charge >= 0.3 is 5.97 Å². The molecule has 0 radical (unpaired) electrons. The Labute approximate surface area is 175 Å². The monoisotopic (exact) mass is 398 g/mol. The molecule has 0 aliphatic heterocycles. The zero-order chi connectivity index (χ0) is 21.3. The van der Waals surface area contributed by atoms with E-state index in [1.165, 1.54) is 17.7 Å². The van der Waals surface area contributed by atoms with E-state index in [2.05, 4.69) is 30.2 Å². The first kappa shape index (κ1) is 19.6. The molecule has 1 aliphatic rings. The van der Waals surface area contributed by atoms with Crippen LogP contribution in [0.1, 0.15) is 57.7 Å². The van der Waals surface area contributed by atoms with Crippen molar-refractivity contribution in [2.24, 2.45) is 0 Å². The van der Waals surface area contributed by atoms with Gasteiger partial charge in [0.2, 0.25) is 0 Å². The molecular formula is C25H22N2O3. The van der Waals surface area contributed by atoms with Gasteiger partial charge in [-0.2, -0.15) is 0 Å². The first-order valence-electron chi connectivity index (χ1n) is 9.75. The summed E-state index contributed by atoms with van der Waals surface area (Å²) in [5.74, 6) is -1.24. The molecule has 30 heavy (non-hydrogen) atoms. The van der Waals surface area contributed by atoms with Gasteiger partial charge in [-0.1, -0.05) is 26.0 Å². The fourth-order valence-electron chi connectivity index (χ4n) is 3.78. The summed E-state index contributed by atoms with van der Waals surface area (Å²) >= 11 is 0. The van der Waals surface area contributed by atoms with E-state index in [9.17, 15) is 9.59 Å². The number of benzene rings is 2. The van der Waals surface area contributed by atoms with Crippen LogP contribution < -0.4 is 5.32 Å². The van der Waals surface area contributed by atoms with Crippen LogP contribution in [0.5, 0.6) is 0 Å². The Morgan fingerprint density at radius 3 is 2.30 bits per heavy atom. The lowest BCUT2D eigenvalue weighted by molar-refractivity contribution is 0.0696. The van der Waals surface area contributed by atoms with E-state index in [1.807, 2.05) is 30.3 Å². The standard InChI is InChI=1S/C25H22N2O3/c1-25(2)12-9-20(16-10-13-26-14-11-16)21-15-18(5-8-22(21)25)23(28)27-19-6-3-17(4-7-19)24(29)30/h3-11,13-15H,12H2,1-2H3,(H,27,28)(H,29,30). The van der Waals surface area contributed by atoms with E-state index in [0.717, 1.165) is 23.1 Å². The Kier molecular flexibility index (Phi) is 4.96.